The molecule has 0 bridgehead atoms. The van der Waals surface area contributed by atoms with Gasteiger partial charge in [0, 0.05) is 45.3 Å². The van der Waals surface area contributed by atoms with Crippen molar-refractivity contribution < 1.29 is 9.32 Å². The SMILES string of the molecule is Cc1nn(C)c(C)c1CCC(=O)N1CCN(Cc2nc(-c3cccs3)no2)CC1. The van der Waals surface area contributed by atoms with Crippen molar-refractivity contribution in [2.75, 3.05) is 26.2 Å². The molecule has 0 aliphatic carbocycles. The molecule has 29 heavy (non-hydrogen) atoms. The fourth-order valence-corrected chi connectivity index (χ4v) is 4.39. The topological polar surface area (TPSA) is 80.3 Å². The first kappa shape index (κ1) is 19.8. The van der Waals surface area contributed by atoms with E-state index in [9.17, 15) is 4.79 Å². The lowest BCUT2D eigenvalue weighted by Gasteiger charge is -2.34. The summed E-state index contributed by atoms with van der Waals surface area (Å²) in [6.45, 7) is 7.77. The summed E-state index contributed by atoms with van der Waals surface area (Å²) in [4.78, 5) is 22.4. The molecule has 0 radical (unpaired) electrons. The minimum Gasteiger partial charge on any atom is -0.340 e. The van der Waals surface area contributed by atoms with Gasteiger partial charge in [0.1, 0.15) is 0 Å². The number of amides is 1. The van der Waals surface area contributed by atoms with Gasteiger partial charge in [-0.25, -0.2) is 0 Å². The molecule has 1 fully saturated rings. The highest BCUT2D eigenvalue weighted by Crippen LogP contribution is 2.22. The van der Waals surface area contributed by atoms with Gasteiger partial charge in [-0.15, -0.1) is 11.3 Å². The first-order chi connectivity index (χ1) is 14.0. The van der Waals surface area contributed by atoms with Gasteiger partial charge in [0.25, 0.3) is 0 Å². The van der Waals surface area contributed by atoms with Gasteiger partial charge in [0.2, 0.25) is 17.6 Å². The first-order valence-electron chi connectivity index (χ1n) is 9.87. The molecule has 1 amide bonds. The molecule has 4 rings (SSSR count). The first-order valence-corrected chi connectivity index (χ1v) is 10.7. The van der Waals surface area contributed by atoms with Crippen molar-refractivity contribution in [3.05, 3.63) is 40.4 Å². The van der Waals surface area contributed by atoms with Crippen LogP contribution < -0.4 is 0 Å². The maximum Gasteiger partial charge on any atom is 0.241 e. The van der Waals surface area contributed by atoms with Crippen LogP contribution in [0.2, 0.25) is 0 Å². The van der Waals surface area contributed by atoms with E-state index < -0.39 is 0 Å². The molecule has 1 aliphatic heterocycles. The Kier molecular flexibility index (Phi) is 5.77. The van der Waals surface area contributed by atoms with E-state index in [1.54, 1.807) is 11.3 Å². The normalized spacial score (nSPS) is 15.2. The van der Waals surface area contributed by atoms with E-state index in [2.05, 4.69) is 27.1 Å². The van der Waals surface area contributed by atoms with Crippen molar-refractivity contribution in [1.82, 2.24) is 29.7 Å². The number of carbonyl (C=O) groups excluding carboxylic acids is 1. The van der Waals surface area contributed by atoms with Gasteiger partial charge in [-0.1, -0.05) is 11.2 Å². The minimum atomic E-state index is 0.213. The number of hydrogen-bond donors (Lipinski definition) is 0. The predicted octanol–water partition coefficient (Wildman–Crippen LogP) is 2.43. The molecule has 4 heterocycles. The number of rotatable bonds is 6. The summed E-state index contributed by atoms with van der Waals surface area (Å²) in [7, 11) is 1.94. The molecule has 154 valence electrons. The Balaban J connectivity index is 1.25. The van der Waals surface area contributed by atoms with E-state index >= 15 is 0 Å². The van der Waals surface area contributed by atoms with Crippen LogP contribution in [0.15, 0.2) is 22.0 Å². The summed E-state index contributed by atoms with van der Waals surface area (Å²) in [5, 5.41) is 10.5. The van der Waals surface area contributed by atoms with Crippen molar-refractivity contribution in [1.29, 1.82) is 0 Å². The average Bonchev–Trinajstić information content (AvgIpc) is 3.44. The molecule has 3 aromatic rings. The van der Waals surface area contributed by atoms with Crippen LogP contribution in [-0.2, 0) is 24.8 Å². The Morgan fingerprint density at radius 3 is 2.69 bits per heavy atom. The summed E-state index contributed by atoms with van der Waals surface area (Å²) >= 11 is 1.60. The molecule has 9 heteroatoms. The van der Waals surface area contributed by atoms with Crippen molar-refractivity contribution in [3.8, 4) is 10.7 Å². The Morgan fingerprint density at radius 2 is 2.03 bits per heavy atom. The smallest absolute Gasteiger partial charge is 0.241 e. The maximum absolute atomic E-state index is 12.6. The molecule has 1 aliphatic rings. The summed E-state index contributed by atoms with van der Waals surface area (Å²) in [6.07, 6.45) is 1.28. The lowest BCUT2D eigenvalue weighted by atomic mass is 10.1. The molecule has 3 aromatic heterocycles. The van der Waals surface area contributed by atoms with Crippen molar-refractivity contribution in [2.45, 2.75) is 33.2 Å². The highest BCUT2D eigenvalue weighted by Gasteiger charge is 2.23. The molecule has 0 N–H and O–H groups in total. The zero-order chi connectivity index (χ0) is 20.4. The summed E-state index contributed by atoms with van der Waals surface area (Å²) in [6, 6.07) is 3.96. The minimum absolute atomic E-state index is 0.213. The highest BCUT2D eigenvalue weighted by atomic mass is 32.1. The average molecular weight is 415 g/mol. The Bertz CT molecular complexity index is 969. The standard InChI is InChI=1S/C20H26N6O2S/c1-14-16(15(2)24(3)22-14)6-7-19(27)26-10-8-25(9-11-26)13-18-21-20(23-28-18)17-5-4-12-29-17/h4-5,12H,6-11,13H2,1-3H3. The van der Waals surface area contributed by atoms with E-state index in [1.165, 1.54) is 5.56 Å². The van der Waals surface area contributed by atoms with E-state index in [4.69, 9.17) is 4.52 Å². The number of aromatic nitrogens is 4. The summed E-state index contributed by atoms with van der Waals surface area (Å²) < 4.78 is 7.28. The van der Waals surface area contributed by atoms with Crippen LogP contribution in [-0.4, -0.2) is 61.8 Å². The third-order valence-electron chi connectivity index (χ3n) is 5.54. The third kappa shape index (κ3) is 4.40. The molecule has 8 nitrogen and oxygen atoms in total. The fraction of sp³-hybridized carbons (Fsp3) is 0.500. The van der Waals surface area contributed by atoms with Gasteiger partial charge in [-0.05, 0) is 37.3 Å². The largest absolute Gasteiger partial charge is 0.340 e. The van der Waals surface area contributed by atoms with Crippen molar-refractivity contribution in [2.24, 2.45) is 7.05 Å². The molecule has 0 unspecified atom stereocenters. The lowest BCUT2D eigenvalue weighted by Crippen LogP contribution is -2.48. The van der Waals surface area contributed by atoms with Gasteiger partial charge in [0.15, 0.2) is 0 Å². The van der Waals surface area contributed by atoms with Crippen LogP contribution in [0.1, 0.15) is 29.3 Å². The van der Waals surface area contributed by atoms with Crippen LogP contribution in [0.4, 0.5) is 0 Å². The van der Waals surface area contributed by atoms with Crippen LogP contribution in [0.25, 0.3) is 10.7 Å². The van der Waals surface area contributed by atoms with Gasteiger partial charge in [0.05, 0.1) is 17.1 Å². The second-order valence-corrected chi connectivity index (χ2v) is 8.37. The summed E-state index contributed by atoms with van der Waals surface area (Å²) in [5.74, 6) is 1.48. The molecule has 0 spiro atoms. The highest BCUT2D eigenvalue weighted by molar-refractivity contribution is 7.13. The van der Waals surface area contributed by atoms with Crippen LogP contribution in [0.5, 0.6) is 0 Å². The van der Waals surface area contributed by atoms with Crippen LogP contribution in [0.3, 0.4) is 0 Å². The van der Waals surface area contributed by atoms with Crippen molar-refractivity contribution >= 4 is 17.2 Å². The second-order valence-electron chi connectivity index (χ2n) is 7.42. The monoisotopic (exact) mass is 414 g/mol. The molecule has 0 saturated carbocycles. The van der Waals surface area contributed by atoms with E-state index in [1.807, 2.05) is 41.1 Å². The van der Waals surface area contributed by atoms with Gasteiger partial charge in [-0.3, -0.25) is 14.4 Å². The number of nitrogens with zero attached hydrogens (tertiary/aromatic N) is 6. The third-order valence-corrected chi connectivity index (χ3v) is 6.41. The molecular formula is C20H26N6O2S. The number of thiophene rings is 1. The molecule has 0 aromatic carbocycles. The quantitative estimate of drug-likeness (QED) is 0.616. The number of piperazine rings is 1. The molecule has 1 saturated heterocycles. The van der Waals surface area contributed by atoms with Crippen LogP contribution in [0, 0.1) is 13.8 Å². The van der Waals surface area contributed by atoms with Crippen molar-refractivity contribution in [3.63, 3.8) is 0 Å². The zero-order valence-corrected chi connectivity index (χ0v) is 17.9. The maximum atomic E-state index is 12.6. The Hall–Kier alpha value is -2.52. The predicted molar refractivity (Wildman–Crippen MR) is 110 cm³/mol. The summed E-state index contributed by atoms with van der Waals surface area (Å²) in [5.41, 5.74) is 3.35. The number of aryl methyl sites for hydroxylation is 2. The zero-order valence-electron chi connectivity index (χ0n) is 17.1. The van der Waals surface area contributed by atoms with Crippen LogP contribution >= 0.6 is 11.3 Å². The fourth-order valence-electron chi connectivity index (χ4n) is 3.74. The Labute approximate surface area is 174 Å². The molecule has 0 atom stereocenters. The molecular weight excluding hydrogens is 388 g/mol. The van der Waals surface area contributed by atoms with Gasteiger partial charge in [-0.2, -0.15) is 10.1 Å². The lowest BCUT2D eigenvalue weighted by molar-refractivity contribution is -0.133. The number of carbonyl (C=O) groups is 1. The van der Waals surface area contributed by atoms with E-state index in [0.29, 0.717) is 24.7 Å². The number of hydrogen-bond acceptors (Lipinski definition) is 7. The van der Waals surface area contributed by atoms with Gasteiger partial charge < -0.3 is 9.42 Å². The second kappa shape index (κ2) is 8.46. The van der Waals surface area contributed by atoms with E-state index in [0.717, 1.165) is 48.9 Å². The van der Waals surface area contributed by atoms with E-state index in [-0.39, 0.29) is 5.91 Å². The Morgan fingerprint density at radius 1 is 1.24 bits per heavy atom. The van der Waals surface area contributed by atoms with Gasteiger partial charge >= 0.3 is 0 Å².